The summed E-state index contributed by atoms with van der Waals surface area (Å²) in [5.74, 6) is -0.972. The van der Waals surface area contributed by atoms with Gasteiger partial charge < -0.3 is 19.5 Å². The van der Waals surface area contributed by atoms with Crippen molar-refractivity contribution in [3.05, 3.63) is 60.3 Å². The summed E-state index contributed by atoms with van der Waals surface area (Å²) in [5.41, 5.74) is 1.42. The van der Waals surface area contributed by atoms with Gasteiger partial charge in [0.2, 0.25) is 5.91 Å². The molecule has 0 saturated heterocycles. The van der Waals surface area contributed by atoms with E-state index < -0.39 is 11.7 Å². The first-order valence-corrected chi connectivity index (χ1v) is 10.4. The number of carbonyl (C=O) groups excluding carboxylic acids is 3. The molecule has 7 heteroatoms. The largest absolute Gasteiger partial charge is 0.492 e. The smallest absolute Gasteiger partial charge is 0.296 e. The molecular weight excluding hydrogens is 394 g/mol. The van der Waals surface area contributed by atoms with Gasteiger partial charge >= 0.3 is 0 Å². The lowest BCUT2D eigenvalue weighted by atomic mass is 10.1. The molecule has 0 radical (unpaired) electrons. The van der Waals surface area contributed by atoms with Gasteiger partial charge in [0.05, 0.1) is 17.9 Å². The first-order chi connectivity index (χ1) is 15.0. The van der Waals surface area contributed by atoms with Gasteiger partial charge in [-0.05, 0) is 39.0 Å². The molecule has 31 heavy (non-hydrogen) atoms. The van der Waals surface area contributed by atoms with Gasteiger partial charge in [0.15, 0.2) is 0 Å². The molecule has 2 aromatic carbocycles. The lowest BCUT2D eigenvalue weighted by Gasteiger charge is -2.19. The number of carbonyl (C=O) groups is 3. The molecule has 0 atom stereocenters. The van der Waals surface area contributed by atoms with Crippen LogP contribution in [0.2, 0.25) is 0 Å². The number of hydrogen-bond donors (Lipinski definition) is 1. The number of ether oxygens (including phenoxy) is 1. The van der Waals surface area contributed by atoms with Crippen LogP contribution >= 0.6 is 0 Å². The quantitative estimate of drug-likeness (QED) is 0.422. The van der Waals surface area contributed by atoms with Gasteiger partial charge in [-0.25, -0.2) is 0 Å². The van der Waals surface area contributed by atoms with Gasteiger partial charge in [-0.1, -0.05) is 30.3 Å². The van der Waals surface area contributed by atoms with Crippen LogP contribution in [0, 0.1) is 0 Å². The Morgan fingerprint density at radius 3 is 2.35 bits per heavy atom. The summed E-state index contributed by atoms with van der Waals surface area (Å²) < 4.78 is 7.24. The molecule has 0 aliphatic rings. The number of para-hydroxylation sites is 3. The average Bonchev–Trinajstić information content (AvgIpc) is 3.14. The summed E-state index contributed by atoms with van der Waals surface area (Å²) >= 11 is 0. The van der Waals surface area contributed by atoms with Crippen molar-refractivity contribution in [1.82, 2.24) is 9.47 Å². The Labute approximate surface area is 181 Å². The van der Waals surface area contributed by atoms with Crippen molar-refractivity contribution in [3.8, 4) is 5.75 Å². The molecule has 1 N–H and O–H groups in total. The van der Waals surface area contributed by atoms with Crippen molar-refractivity contribution in [1.29, 1.82) is 0 Å². The summed E-state index contributed by atoms with van der Waals surface area (Å²) in [6.07, 6.45) is 1.59. The number of ketones is 1. The van der Waals surface area contributed by atoms with Crippen molar-refractivity contribution < 1.29 is 19.1 Å². The minimum atomic E-state index is -0.759. The van der Waals surface area contributed by atoms with E-state index in [2.05, 4.69) is 5.32 Å². The van der Waals surface area contributed by atoms with E-state index in [-0.39, 0.29) is 18.0 Å². The molecule has 1 heterocycles. The Hall–Kier alpha value is -3.61. The molecule has 0 aliphatic carbocycles. The fourth-order valence-electron chi connectivity index (χ4n) is 3.53. The van der Waals surface area contributed by atoms with Gasteiger partial charge in [-0.15, -0.1) is 0 Å². The van der Waals surface area contributed by atoms with Gasteiger partial charge in [0, 0.05) is 30.2 Å². The highest BCUT2D eigenvalue weighted by molar-refractivity contribution is 6.48. The van der Waals surface area contributed by atoms with Crippen LogP contribution in [-0.2, 0) is 16.1 Å². The summed E-state index contributed by atoms with van der Waals surface area (Å²) in [7, 11) is 0. The fraction of sp³-hybridized carbons (Fsp3) is 0.292. The first-order valence-electron chi connectivity index (χ1n) is 10.4. The van der Waals surface area contributed by atoms with Crippen molar-refractivity contribution in [2.45, 2.75) is 27.3 Å². The Kier molecular flexibility index (Phi) is 7.07. The number of Topliss-reactive ketones (excluding diaryl/α,β-unsaturated/α-hetero) is 1. The monoisotopic (exact) mass is 421 g/mol. The molecule has 0 bridgehead atoms. The highest BCUT2D eigenvalue weighted by Crippen LogP contribution is 2.26. The van der Waals surface area contributed by atoms with E-state index in [0.29, 0.717) is 36.5 Å². The van der Waals surface area contributed by atoms with Crippen molar-refractivity contribution in [2.24, 2.45) is 0 Å². The van der Waals surface area contributed by atoms with Crippen molar-refractivity contribution in [2.75, 3.05) is 25.0 Å². The predicted molar refractivity (Wildman–Crippen MR) is 120 cm³/mol. The number of amides is 2. The summed E-state index contributed by atoms with van der Waals surface area (Å²) in [4.78, 5) is 40.1. The lowest BCUT2D eigenvalue weighted by Crippen LogP contribution is -2.33. The van der Waals surface area contributed by atoms with Crippen LogP contribution in [0.25, 0.3) is 10.9 Å². The third kappa shape index (κ3) is 4.77. The highest BCUT2D eigenvalue weighted by Gasteiger charge is 2.23. The van der Waals surface area contributed by atoms with E-state index in [1.54, 1.807) is 52.1 Å². The summed E-state index contributed by atoms with van der Waals surface area (Å²) in [6, 6.07) is 14.2. The highest BCUT2D eigenvalue weighted by atomic mass is 16.5. The first kappa shape index (κ1) is 22.1. The fourth-order valence-corrected chi connectivity index (χ4v) is 3.53. The Morgan fingerprint density at radius 2 is 1.65 bits per heavy atom. The van der Waals surface area contributed by atoms with Gasteiger partial charge in [-0.2, -0.15) is 0 Å². The number of nitrogens with zero attached hydrogens (tertiary/aromatic N) is 2. The van der Waals surface area contributed by atoms with E-state index >= 15 is 0 Å². The number of rotatable bonds is 9. The van der Waals surface area contributed by atoms with Crippen LogP contribution in [-0.4, -0.2) is 46.8 Å². The van der Waals surface area contributed by atoms with Crippen LogP contribution in [0.4, 0.5) is 5.69 Å². The third-order valence-corrected chi connectivity index (χ3v) is 5.10. The number of aromatic nitrogens is 1. The van der Waals surface area contributed by atoms with Crippen molar-refractivity contribution >= 4 is 34.2 Å². The Morgan fingerprint density at radius 1 is 0.968 bits per heavy atom. The van der Waals surface area contributed by atoms with Crippen LogP contribution in [0.15, 0.2) is 54.7 Å². The van der Waals surface area contributed by atoms with E-state index in [1.165, 1.54) is 0 Å². The second-order valence-corrected chi connectivity index (χ2v) is 6.97. The molecular formula is C24H27N3O4. The standard InChI is InChI=1S/C24H27N3O4/c1-4-26(5-2)22(28)16-27-15-18(17-11-7-9-13-20(17)27)23(29)24(30)25-19-12-8-10-14-21(19)31-6-3/h7-15H,4-6,16H2,1-3H3,(H,25,30). The maximum atomic E-state index is 13.0. The maximum absolute atomic E-state index is 13.0. The number of likely N-dealkylation sites (N-methyl/N-ethyl adjacent to an activating group) is 1. The molecule has 2 amide bonds. The summed E-state index contributed by atoms with van der Waals surface area (Å²) in [5, 5.41) is 3.28. The number of anilines is 1. The summed E-state index contributed by atoms with van der Waals surface area (Å²) in [6.45, 7) is 7.46. The normalized spacial score (nSPS) is 10.7. The van der Waals surface area contributed by atoms with Crippen LogP contribution < -0.4 is 10.1 Å². The van der Waals surface area contributed by atoms with Crippen LogP contribution in [0.1, 0.15) is 31.1 Å². The molecule has 3 aromatic rings. The van der Waals surface area contributed by atoms with Gasteiger partial charge in [-0.3, -0.25) is 14.4 Å². The molecule has 0 unspecified atom stereocenters. The van der Waals surface area contributed by atoms with Crippen LogP contribution in [0.3, 0.4) is 0 Å². The molecule has 1 aromatic heterocycles. The van der Waals surface area contributed by atoms with E-state index in [4.69, 9.17) is 4.74 Å². The topological polar surface area (TPSA) is 80.6 Å². The molecule has 162 valence electrons. The van der Waals surface area contributed by atoms with E-state index in [9.17, 15) is 14.4 Å². The molecule has 0 spiro atoms. The van der Waals surface area contributed by atoms with Gasteiger partial charge in [0.25, 0.3) is 11.7 Å². The maximum Gasteiger partial charge on any atom is 0.296 e. The Balaban J connectivity index is 1.89. The van der Waals surface area contributed by atoms with E-state index in [1.807, 2.05) is 32.9 Å². The minimum Gasteiger partial charge on any atom is -0.492 e. The predicted octanol–water partition coefficient (Wildman–Crippen LogP) is 3.73. The van der Waals surface area contributed by atoms with Crippen LogP contribution in [0.5, 0.6) is 5.75 Å². The van der Waals surface area contributed by atoms with E-state index in [0.717, 1.165) is 5.52 Å². The molecule has 3 rings (SSSR count). The zero-order valence-electron chi connectivity index (χ0n) is 18.1. The minimum absolute atomic E-state index is 0.0418. The number of nitrogens with one attached hydrogen (secondary N) is 1. The molecule has 7 nitrogen and oxygen atoms in total. The molecule has 0 aliphatic heterocycles. The second-order valence-electron chi connectivity index (χ2n) is 6.97. The second kappa shape index (κ2) is 9.93. The number of fused-ring (bicyclic) bond motifs is 1. The molecule has 0 saturated carbocycles. The Bertz CT molecular complexity index is 1100. The SMILES string of the molecule is CCOc1ccccc1NC(=O)C(=O)c1cn(CC(=O)N(CC)CC)c2ccccc12. The lowest BCUT2D eigenvalue weighted by molar-refractivity contribution is -0.131. The number of benzene rings is 2. The molecule has 0 fully saturated rings. The average molecular weight is 421 g/mol. The zero-order valence-corrected chi connectivity index (χ0v) is 18.1. The van der Waals surface area contributed by atoms with Gasteiger partial charge in [0.1, 0.15) is 12.3 Å². The third-order valence-electron chi connectivity index (χ3n) is 5.10. The van der Waals surface area contributed by atoms with Crippen molar-refractivity contribution in [3.63, 3.8) is 0 Å². The zero-order chi connectivity index (χ0) is 22.4. The number of hydrogen-bond acceptors (Lipinski definition) is 4.